The van der Waals surface area contributed by atoms with Crippen molar-refractivity contribution in [3.05, 3.63) is 28.4 Å². The average molecular weight is 249 g/mol. The van der Waals surface area contributed by atoms with Crippen molar-refractivity contribution < 1.29 is 9.66 Å². The lowest BCUT2D eigenvalue weighted by molar-refractivity contribution is -0.385. The van der Waals surface area contributed by atoms with Gasteiger partial charge >= 0.3 is 5.69 Å². The van der Waals surface area contributed by atoms with Crippen LogP contribution in [0.4, 0.5) is 5.69 Å². The molecule has 1 heterocycles. The number of unbranched alkanes of at least 4 members (excludes halogenated alkanes) is 1. The second-order valence-corrected chi connectivity index (χ2v) is 4.06. The molecule has 0 aliphatic carbocycles. The zero-order valence-corrected chi connectivity index (χ0v) is 10.4. The van der Waals surface area contributed by atoms with Crippen molar-refractivity contribution in [3.63, 3.8) is 0 Å². The summed E-state index contributed by atoms with van der Waals surface area (Å²) in [6.45, 7) is 2.86. The van der Waals surface area contributed by atoms with Gasteiger partial charge in [0.15, 0.2) is 5.75 Å². The van der Waals surface area contributed by atoms with Crippen LogP contribution in [-0.2, 0) is 6.54 Å². The zero-order valence-electron chi connectivity index (χ0n) is 10.4. The number of aryl methyl sites for hydroxylation is 1. The maximum Gasteiger partial charge on any atom is 0.313 e. The standard InChI is InChI=1S/C12H15N3O3/c1-3-4-5-14-10-7-11(15(16)17)12(18-2)6-9(10)8-13-14/h6-8H,3-5H2,1-2H3. The fourth-order valence-corrected chi connectivity index (χ4v) is 1.89. The highest BCUT2D eigenvalue weighted by molar-refractivity contribution is 5.84. The highest BCUT2D eigenvalue weighted by atomic mass is 16.6. The van der Waals surface area contributed by atoms with Gasteiger partial charge in [-0.25, -0.2) is 0 Å². The third-order valence-corrected chi connectivity index (χ3v) is 2.86. The molecule has 0 radical (unpaired) electrons. The molecular weight excluding hydrogens is 234 g/mol. The lowest BCUT2D eigenvalue weighted by atomic mass is 10.2. The Labute approximate surface area is 104 Å². The van der Waals surface area contributed by atoms with E-state index in [0.717, 1.165) is 30.3 Å². The van der Waals surface area contributed by atoms with Crippen LogP contribution in [0.1, 0.15) is 19.8 Å². The molecule has 0 unspecified atom stereocenters. The molecule has 0 saturated carbocycles. The van der Waals surface area contributed by atoms with E-state index in [2.05, 4.69) is 12.0 Å². The summed E-state index contributed by atoms with van der Waals surface area (Å²) in [5.74, 6) is 0.266. The molecule has 6 nitrogen and oxygen atoms in total. The summed E-state index contributed by atoms with van der Waals surface area (Å²) in [6, 6.07) is 3.18. The Morgan fingerprint density at radius 2 is 2.28 bits per heavy atom. The number of nitro groups is 1. The molecule has 18 heavy (non-hydrogen) atoms. The van der Waals surface area contributed by atoms with Crippen molar-refractivity contribution in [1.82, 2.24) is 9.78 Å². The Bertz CT molecular complexity index is 577. The van der Waals surface area contributed by atoms with Gasteiger partial charge in [0.05, 0.1) is 23.7 Å². The quantitative estimate of drug-likeness (QED) is 0.603. The molecule has 96 valence electrons. The fraction of sp³-hybridized carbons (Fsp3) is 0.417. The average Bonchev–Trinajstić information content (AvgIpc) is 2.76. The van der Waals surface area contributed by atoms with Gasteiger partial charge in [-0.1, -0.05) is 13.3 Å². The van der Waals surface area contributed by atoms with E-state index in [1.165, 1.54) is 13.2 Å². The summed E-state index contributed by atoms with van der Waals surface area (Å²) in [6.07, 6.45) is 3.76. The Kier molecular flexibility index (Phi) is 3.45. The number of ether oxygens (including phenoxy) is 1. The molecule has 6 heteroatoms. The van der Waals surface area contributed by atoms with E-state index in [1.807, 2.05) is 0 Å². The van der Waals surface area contributed by atoms with Crippen LogP contribution in [-0.4, -0.2) is 21.8 Å². The molecule has 1 aromatic carbocycles. The number of nitro benzene ring substituents is 1. The van der Waals surface area contributed by atoms with Crippen LogP contribution in [0.15, 0.2) is 18.3 Å². The molecule has 0 aliphatic heterocycles. The Hall–Kier alpha value is -2.11. The van der Waals surface area contributed by atoms with Crippen LogP contribution < -0.4 is 4.74 Å². The van der Waals surface area contributed by atoms with Crippen molar-refractivity contribution in [1.29, 1.82) is 0 Å². The van der Waals surface area contributed by atoms with Gasteiger partial charge in [0.1, 0.15) is 0 Å². The predicted molar refractivity (Wildman–Crippen MR) is 67.8 cm³/mol. The molecule has 0 atom stereocenters. The van der Waals surface area contributed by atoms with Crippen LogP contribution in [0.25, 0.3) is 10.9 Å². The number of benzene rings is 1. The monoisotopic (exact) mass is 249 g/mol. The van der Waals surface area contributed by atoms with E-state index in [9.17, 15) is 10.1 Å². The zero-order chi connectivity index (χ0) is 13.1. The van der Waals surface area contributed by atoms with E-state index in [0.29, 0.717) is 0 Å². The van der Waals surface area contributed by atoms with E-state index in [-0.39, 0.29) is 11.4 Å². The molecule has 1 aromatic heterocycles. The summed E-state index contributed by atoms with van der Waals surface area (Å²) in [7, 11) is 1.43. The summed E-state index contributed by atoms with van der Waals surface area (Å²) >= 11 is 0. The van der Waals surface area contributed by atoms with Gasteiger partial charge in [0, 0.05) is 18.0 Å². The lowest BCUT2D eigenvalue weighted by Gasteiger charge is -2.04. The number of methoxy groups -OCH3 is 1. The van der Waals surface area contributed by atoms with Gasteiger partial charge in [-0.15, -0.1) is 0 Å². The smallest absolute Gasteiger partial charge is 0.313 e. The van der Waals surface area contributed by atoms with Crippen LogP contribution in [0.3, 0.4) is 0 Å². The third kappa shape index (κ3) is 2.13. The molecule has 2 aromatic rings. The van der Waals surface area contributed by atoms with Gasteiger partial charge in [-0.05, 0) is 12.5 Å². The van der Waals surface area contributed by atoms with Crippen molar-refractivity contribution in [2.24, 2.45) is 0 Å². The summed E-state index contributed by atoms with van der Waals surface area (Å²) in [5, 5.41) is 16.1. The van der Waals surface area contributed by atoms with Gasteiger partial charge in [0.25, 0.3) is 0 Å². The van der Waals surface area contributed by atoms with Crippen LogP contribution >= 0.6 is 0 Å². The molecule has 0 saturated heterocycles. The Morgan fingerprint density at radius 1 is 1.50 bits per heavy atom. The minimum atomic E-state index is -0.435. The number of rotatable bonds is 5. The van der Waals surface area contributed by atoms with Crippen molar-refractivity contribution in [2.75, 3.05) is 7.11 Å². The minimum absolute atomic E-state index is 0.0248. The Morgan fingerprint density at radius 3 is 2.89 bits per heavy atom. The third-order valence-electron chi connectivity index (χ3n) is 2.86. The SMILES string of the molecule is CCCCn1ncc2cc(OC)c([N+](=O)[O-])cc21. The second-order valence-electron chi connectivity index (χ2n) is 4.06. The number of hydrogen-bond acceptors (Lipinski definition) is 4. The number of aromatic nitrogens is 2. The first-order chi connectivity index (χ1) is 8.67. The highest BCUT2D eigenvalue weighted by Crippen LogP contribution is 2.31. The van der Waals surface area contributed by atoms with E-state index >= 15 is 0 Å². The number of hydrogen-bond donors (Lipinski definition) is 0. The normalized spacial score (nSPS) is 10.8. The lowest BCUT2D eigenvalue weighted by Crippen LogP contribution is -2.00. The summed E-state index contributed by atoms with van der Waals surface area (Å²) in [5.41, 5.74) is 0.749. The first-order valence-corrected chi connectivity index (χ1v) is 5.85. The molecule has 0 amide bonds. The maximum atomic E-state index is 11.0. The molecule has 2 rings (SSSR count). The Balaban J connectivity index is 2.53. The van der Waals surface area contributed by atoms with Crippen molar-refractivity contribution in [2.45, 2.75) is 26.3 Å². The van der Waals surface area contributed by atoms with Crippen molar-refractivity contribution in [3.8, 4) is 5.75 Å². The van der Waals surface area contributed by atoms with E-state index < -0.39 is 4.92 Å². The fourth-order valence-electron chi connectivity index (χ4n) is 1.89. The number of fused-ring (bicyclic) bond motifs is 1. The second kappa shape index (κ2) is 5.03. The molecule has 0 N–H and O–H groups in total. The van der Waals surface area contributed by atoms with E-state index in [1.54, 1.807) is 16.9 Å². The topological polar surface area (TPSA) is 70.2 Å². The van der Waals surface area contributed by atoms with Gasteiger partial charge in [0.2, 0.25) is 0 Å². The van der Waals surface area contributed by atoms with Crippen LogP contribution in [0.5, 0.6) is 5.75 Å². The minimum Gasteiger partial charge on any atom is -0.490 e. The summed E-state index contributed by atoms with van der Waals surface area (Å²) < 4.78 is 6.82. The van der Waals surface area contributed by atoms with Crippen LogP contribution in [0, 0.1) is 10.1 Å². The van der Waals surface area contributed by atoms with Gasteiger partial charge < -0.3 is 4.74 Å². The van der Waals surface area contributed by atoms with Crippen molar-refractivity contribution >= 4 is 16.6 Å². The first-order valence-electron chi connectivity index (χ1n) is 5.85. The van der Waals surface area contributed by atoms with E-state index in [4.69, 9.17) is 4.74 Å². The molecule has 0 bridgehead atoms. The van der Waals surface area contributed by atoms with Gasteiger partial charge in [-0.2, -0.15) is 5.10 Å². The highest BCUT2D eigenvalue weighted by Gasteiger charge is 2.17. The first kappa shape index (κ1) is 12.3. The predicted octanol–water partition coefficient (Wildman–Crippen LogP) is 2.75. The number of nitrogens with zero attached hydrogens (tertiary/aromatic N) is 3. The molecular formula is C12H15N3O3. The molecule has 0 spiro atoms. The summed E-state index contributed by atoms with van der Waals surface area (Å²) in [4.78, 5) is 10.5. The largest absolute Gasteiger partial charge is 0.490 e. The maximum absolute atomic E-state index is 11.0. The molecule has 0 aliphatic rings. The van der Waals surface area contributed by atoms with Gasteiger partial charge in [-0.3, -0.25) is 14.8 Å². The van der Waals surface area contributed by atoms with Crippen LogP contribution in [0.2, 0.25) is 0 Å². The molecule has 0 fully saturated rings.